The topological polar surface area (TPSA) is 66.5 Å². The van der Waals surface area contributed by atoms with E-state index >= 15 is 0 Å². The molecule has 0 fully saturated rings. The first kappa shape index (κ1) is 24.8. The van der Waals surface area contributed by atoms with Crippen LogP contribution >= 0.6 is 0 Å². The van der Waals surface area contributed by atoms with Gasteiger partial charge in [-0.2, -0.15) is 0 Å². The molecule has 1 aliphatic heterocycles. The van der Waals surface area contributed by atoms with Crippen LogP contribution in [0.25, 0.3) is 11.6 Å². The third-order valence-corrected chi connectivity index (χ3v) is 6.74. The number of rotatable bonds is 10. The molecule has 1 heterocycles. The molecule has 1 amide bonds. The van der Waals surface area contributed by atoms with Gasteiger partial charge in [0.05, 0.1) is 7.11 Å². The summed E-state index contributed by atoms with van der Waals surface area (Å²) in [6, 6.07) is 10.7. The monoisotopic (exact) mass is 475 g/mol. The Labute approximate surface area is 194 Å². The van der Waals surface area contributed by atoms with Gasteiger partial charge in [0, 0.05) is 27.3 Å². The lowest BCUT2D eigenvalue weighted by atomic mass is 10.0. The molecule has 0 saturated heterocycles. The number of likely N-dealkylation sites (N-methyl/N-ethyl adjacent to an activating group) is 1. The molecule has 3 rings (SSSR count). The maximum atomic E-state index is 14.6. The number of nitrogens with zero attached hydrogens (tertiary/aromatic N) is 1. The van der Waals surface area contributed by atoms with Crippen molar-refractivity contribution < 1.29 is 33.0 Å². The fourth-order valence-corrected chi connectivity index (χ4v) is 3.77. The molecule has 0 saturated carbocycles. The van der Waals surface area contributed by atoms with Crippen molar-refractivity contribution >= 4 is 25.6 Å². The number of hydrogen-bond donors (Lipinski definition) is 0. The summed E-state index contributed by atoms with van der Waals surface area (Å²) in [5, 5.41) is 1.10. The van der Waals surface area contributed by atoms with Gasteiger partial charge in [0.2, 0.25) is 6.79 Å². The number of benzene rings is 2. The number of ether oxygens (including phenoxy) is 4. The smallest absolute Gasteiger partial charge is 0.277 e. The standard InChI is InChI=1S/C24H30FNO6Si/c1-26(28-2)24(27)19(18-7-9-22-23(14-18)32-16-31-22)12-17-6-8-21(20(25)13-17)30-15-29-10-11-33(3,4)5/h6-9,12-14H,10-11,15-16H2,1-5H3. The zero-order chi connectivity index (χ0) is 24.0. The van der Waals surface area contributed by atoms with E-state index in [-0.39, 0.29) is 19.3 Å². The molecule has 0 aromatic heterocycles. The Morgan fingerprint density at radius 2 is 1.91 bits per heavy atom. The van der Waals surface area contributed by atoms with Gasteiger partial charge in [0.15, 0.2) is 29.9 Å². The number of carbonyl (C=O) groups excluding carboxylic acids is 1. The van der Waals surface area contributed by atoms with E-state index in [2.05, 4.69) is 19.6 Å². The van der Waals surface area contributed by atoms with E-state index in [0.717, 1.165) is 11.1 Å². The molecule has 0 unspecified atom stereocenters. The van der Waals surface area contributed by atoms with E-state index in [1.165, 1.54) is 26.3 Å². The zero-order valence-corrected chi connectivity index (χ0v) is 20.6. The van der Waals surface area contributed by atoms with Crippen molar-refractivity contribution in [2.24, 2.45) is 0 Å². The van der Waals surface area contributed by atoms with Crippen LogP contribution in [0.5, 0.6) is 17.2 Å². The lowest BCUT2D eigenvalue weighted by molar-refractivity contribution is -0.161. The van der Waals surface area contributed by atoms with E-state index in [4.69, 9.17) is 23.8 Å². The summed E-state index contributed by atoms with van der Waals surface area (Å²) in [6.45, 7) is 7.48. The second kappa shape index (κ2) is 10.8. The van der Waals surface area contributed by atoms with Crippen LogP contribution in [0.1, 0.15) is 11.1 Å². The molecule has 1 aliphatic rings. The molecule has 2 aromatic carbocycles. The van der Waals surface area contributed by atoms with Gasteiger partial charge in [-0.1, -0.05) is 31.8 Å². The Morgan fingerprint density at radius 1 is 1.15 bits per heavy atom. The molecule has 0 atom stereocenters. The highest BCUT2D eigenvalue weighted by atomic mass is 28.3. The van der Waals surface area contributed by atoms with Crippen molar-refractivity contribution in [1.29, 1.82) is 0 Å². The van der Waals surface area contributed by atoms with Crippen molar-refractivity contribution in [2.75, 3.05) is 34.4 Å². The van der Waals surface area contributed by atoms with Crippen LogP contribution in [-0.2, 0) is 14.4 Å². The number of fused-ring (bicyclic) bond motifs is 1. The lowest BCUT2D eigenvalue weighted by Gasteiger charge is -2.17. The Morgan fingerprint density at radius 3 is 2.61 bits per heavy atom. The zero-order valence-electron chi connectivity index (χ0n) is 19.6. The molecule has 7 nitrogen and oxygen atoms in total. The second-order valence-corrected chi connectivity index (χ2v) is 14.4. The molecule has 2 aromatic rings. The van der Waals surface area contributed by atoms with Gasteiger partial charge in [0.25, 0.3) is 5.91 Å². The van der Waals surface area contributed by atoms with Crippen molar-refractivity contribution in [3.05, 3.63) is 53.3 Å². The summed E-state index contributed by atoms with van der Waals surface area (Å²) in [5.74, 6) is 0.286. The molecule has 0 radical (unpaired) electrons. The fraction of sp³-hybridized carbons (Fsp3) is 0.375. The first-order valence-corrected chi connectivity index (χ1v) is 14.3. The highest BCUT2D eigenvalue weighted by molar-refractivity contribution is 6.76. The van der Waals surface area contributed by atoms with Crippen LogP contribution in [0.4, 0.5) is 4.39 Å². The van der Waals surface area contributed by atoms with E-state index in [0.29, 0.717) is 34.8 Å². The molecule has 9 heteroatoms. The molecule has 0 bridgehead atoms. The molecule has 178 valence electrons. The van der Waals surface area contributed by atoms with Gasteiger partial charge in [0.1, 0.15) is 0 Å². The molecule has 0 N–H and O–H groups in total. The van der Waals surface area contributed by atoms with Crippen molar-refractivity contribution in [2.45, 2.75) is 25.7 Å². The molecular weight excluding hydrogens is 445 g/mol. The number of amides is 1. The van der Waals surface area contributed by atoms with Crippen molar-refractivity contribution in [3.8, 4) is 17.2 Å². The molecule has 0 aliphatic carbocycles. The average Bonchev–Trinajstić information content (AvgIpc) is 3.24. The summed E-state index contributed by atoms with van der Waals surface area (Å²) in [4.78, 5) is 18.0. The van der Waals surface area contributed by atoms with Gasteiger partial charge in [-0.15, -0.1) is 0 Å². The Bertz CT molecular complexity index is 1020. The minimum atomic E-state index is -1.19. The quantitative estimate of drug-likeness (QED) is 0.123. The van der Waals surface area contributed by atoms with Gasteiger partial charge < -0.3 is 18.9 Å². The van der Waals surface area contributed by atoms with Gasteiger partial charge in [-0.25, -0.2) is 9.45 Å². The first-order chi connectivity index (χ1) is 15.7. The van der Waals surface area contributed by atoms with Gasteiger partial charge in [-0.05, 0) is 47.5 Å². The SMILES string of the molecule is CON(C)C(=O)C(=Cc1ccc(OCOCC[Si](C)(C)C)c(F)c1)c1ccc2c(c1)OCO2. The number of carbonyl (C=O) groups is 1. The summed E-state index contributed by atoms with van der Waals surface area (Å²) in [5.41, 5.74) is 1.38. The predicted octanol–water partition coefficient (Wildman–Crippen LogP) is 4.81. The van der Waals surface area contributed by atoms with E-state index in [1.54, 1.807) is 30.3 Å². The Kier molecular flexibility index (Phi) is 8.12. The predicted molar refractivity (Wildman–Crippen MR) is 126 cm³/mol. The van der Waals surface area contributed by atoms with E-state index in [1.807, 2.05) is 0 Å². The minimum absolute atomic E-state index is 0.0177. The minimum Gasteiger partial charge on any atom is -0.464 e. The highest BCUT2D eigenvalue weighted by Gasteiger charge is 2.21. The van der Waals surface area contributed by atoms with Crippen LogP contribution < -0.4 is 14.2 Å². The van der Waals surface area contributed by atoms with Crippen LogP contribution in [0.3, 0.4) is 0 Å². The van der Waals surface area contributed by atoms with E-state index < -0.39 is 19.8 Å². The normalized spacial score (nSPS) is 13.2. The van der Waals surface area contributed by atoms with Gasteiger partial charge in [-0.3, -0.25) is 9.63 Å². The third-order valence-electron chi connectivity index (χ3n) is 5.03. The summed E-state index contributed by atoms with van der Waals surface area (Å²) >= 11 is 0. The maximum absolute atomic E-state index is 14.6. The third kappa shape index (κ3) is 6.80. The molecule has 33 heavy (non-hydrogen) atoms. The second-order valence-electron chi connectivity index (χ2n) is 8.78. The highest BCUT2D eigenvalue weighted by Crippen LogP contribution is 2.35. The Hall–Kier alpha value is -2.88. The number of halogens is 1. The largest absolute Gasteiger partial charge is 0.464 e. The lowest BCUT2D eigenvalue weighted by Crippen LogP contribution is -2.26. The summed E-state index contributed by atoms with van der Waals surface area (Å²) < 4.78 is 36.3. The van der Waals surface area contributed by atoms with Crippen LogP contribution in [0, 0.1) is 5.82 Å². The first-order valence-electron chi connectivity index (χ1n) is 10.6. The fourth-order valence-electron chi connectivity index (χ4n) is 3.02. The van der Waals surface area contributed by atoms with Crippen molar-refractivity contribution in [1.82, 2.24) is 5.06 Å². The van der Waals surface area contributed by atoms with Crippen molar-refractivity contribution in [3.63, 3.8) is 0 Å². The summed E-state index contributed by atoms with van der Waals surface area (Å²) in [6.07, 6.45) is 1.59. The van der Waals surface area contributed by atoms with Crippen LogP contribution in [0.2, 0.25) is 25.7 Å². The molecular formula is C24H30FNO6Si. The number of hydroxylamine groups is 2. The average molecular weight is 476 g/mol. The maximum Gasteiger partial charge on any atom is 0.277 e. The van der Waals surface area contributed by atoms with Gasteiger partial charge >= 0.3 is 0 Å². The number of hydrogen-bond acceptors (Lipinski definition) is 6. The van der Waals surface area contributed by atoms with Crippen LogP contribution in [-0.4, -0.2) is 53.4 Å². The Balaban J connectivity index is 1.78. The molecule has 0 spiro atoms. The van der Waals surface area contributed by atoms with E-state index in [9.17, 15) is 9.18 Å². The summed E-state index contributed by atoms with van der Waals surface area (Å²) in [7, 11) is 1.71. The van der Waals surface area contributed by atoms with Crippen LogP contribution in [0.15, 0.2) is 36.4 Å².